The molecule has 1 rings (SSSR count). The van der Waals surface area contributed by atoms with E-state index >= 15 is 0 Å². The van der Waals surface area contributed by atoms with Crippen molar-refractivity contribution in [2.45, 2.75) is 6.18 Å². The number of likely N-dealkylation sites (N-methyl/N-ethyl adjacent to an activating group) is 1. The molecule has 1 aromatic rings. The van der Waals surface area contributed by atoms with Gasteiger partial charge in [0.15, 0.2) is 5.78 Å². The van der Waals surface area contributed by atoms with Crippen LogP contribution in [-0.4, -0.2) is 26.5 Å². The summed E-state index contributed by atoms with van der Waals surface area (Å²) in [4.78, 5) is 11.7. The van der Waals surface area contributed by atoms with E-state index in [-0.39, 0.29) is 22.9 Å². The number of hydrogen-bond donors (Lipinski definition) is 1. The quantitative estimate of drug-likeness (QED) is 0.863. The fourth-order valence-corrected chi connectivity index (χ4v) is 1.72. The monoisotopic (exact) mass is 281 g/mol. The van der Waals surface area contributed by atoms with Crippen molar-refractivity contribution < 1.29 is 22.7 Å². The highest BCUT2D eigenvalue weighted by molar-refractivity contribution is 6.32. The highest BCUT2D eigenvalue weighted by Crippen LogP contribution is 2.37. The van der Waals surface area contributed by atoms with E-state index in [1.807, 2.05) is 0 Å². The summed E-state index contributed by atoms with van der Waals surface area (Å²) in [6.07, 6.45) is -4.56. The average molecular weight is 282 g/mol. The van der Waals surface area contributed by atoms with Gasteiger partial charge in [-0.15, -0.1) is 0 Å². The Morgan fingerprint density at radius 2 is 2.06 bits per heavy atom. The zero-order chi connectivity index (χ0) is 13.9. The number of nitrogens with one attached hydrogen (secondary N) is 1. The minimum absolute atomic E-state index is 0.0510. The van der Waals surface area contributed by atoms with Gasteiger partial charge >= 0.3 is 6.18 Å². The third kappa shape index (κ3) is 3.14. The molecule has 0 unspecified atom stereocenters. The SMILES string of the molecule is CNCC(=O)c1cc(C(F)(F)F)cc(Cl)c1OC. The number of rotatable bonds is 4. The van der Waals surface area contributed by atoms with E-state index in [1.165, 1.54) is 14.2 Å². The molecule has 0 saturated carbocycles. The number of ether oxygens (including phenoxy) is 1. The Morgan fingerprint density at radius 1 is 1.44 bits per heavy atom. The summed E-state index contributed by atoms with van der Waals surface area (Å²) in [5, 5.41) is 2.32. The van der Waals surface area contributed by atoms with Gasteiger partial charge in [-0.05, 0) is 19.2 Å². The maximum Gasteiger partial charge on any atom is 0.416 e. The molecule has 100 valence electrons. The van der Waals surface area contributed by atoms with Gasteiger partial charge in [0, 0.05) is 0 Å². The Hall–Kier alpha value is -1.27. The van der Waals surface area contributed by atoms with Crippen LogP contribution in [0.4, 0.5) is 13.2 Å². The van der Waals surface area contributed by atoms with E-state index in [0.29, 0.717) is 0 Å². The summed E-state index contributed by atoms with van der Waals surface area (Å²) in [6.45, 7) is -0.103. The van der Waals surface area contributed by atoms with Crippen LogP contribution in [0.3, 0.4) is 0 Å². The fraction of sp³-hybridized carbons (Fsp3) is 0.364. The second-order valence-corrected chi connectivity index (χ2v) is 3.90. The largest absolute Gasteiger partial charge is 0.494 e. The molecule has 3 nitrogen and oxygen atoms in total. The molecule has 0 radical (unpaired) electrons. The van der Waals surface area contributed by atoms with Crippen molar-refractivity contribution in [2.24, 2.45) is 0 Å². The van der Waals surface area contributed by atoms with Crippen LogP contribution in [0, 0.1) is 0 Å². The normalized spacial score (nSPS) is 11.4. The van der Waals surface area contributed by atoms with Gasteiger partial charge in [0.2, 0.25) is 0 Å². The Morgan fingerprint density at radius 3 is 2.50 bits per heavy atom. The average Bonchev–Trinajstić information content (AvgIpc) is 2.27. The molecule has 0 aliphatic carbocycles. The smallest absolute Gasteiger partial charge is 0.416 e. The second kappa shape index (κ2) is 5.58. The molecule has 0 bridgehead atoms. The van der Waals surface area contributed by atoms with Crippen LogP contribution in [0.5, 0.6) is 5.75 Å². The summed E-state index contributed by atoms with van der Waals surface area (Å²) in [5.74, 6) is -0.577. The van der Waals surface area contributed by atoms with Gasteiger partial charge in [0.1, 0.15) is 5.75 Å². The van der Waals surface area contributed by atoms with E-state index in [0.717, 1.165) is 12.1 Å². The first-order valence-corrected chi connectivity index (χ1v) is 5.31. The lowest BCUT2D eigenvalue weighted by Gasteiger charge is -2.13. The topological polar surface area (TPSA) is 38.3 Å². The van der Waals surface area contributed by atoms with Gasteiger partial charge in [-0.3, -0.25) is 4.79 Å². The van der Waals surface area contributed by atoms with E-state index in [9.17, 15) is 18.0 Å². The third-order valence-corrected chi connectivity index (χ3v) is 2.49. The Labute approximate surface area is 107 Å². The molecule has 0 atom stereocenters. The van der Waals surface area contributed by atoms with Crippen LogP contribution in [0.1, 0.15) is 15.9 Å². The predicted molar refractivity (Wildman–Crippen MR) is 61.3 cm³/mol. The van der Waals surface area contributed by atoms with Crippen LogP contribution in [0.15, 0.2) is 12.1 Å². The number of carbonyl (C=O) groups is 1. The summed E-state index contributed by atoms with van der Waals surface area (Å²) < 4.78 is 42.7. The summed E-state index contributed by atoms with van der Waals surface area (Å²) in [5.41, 5.74) is -1.17. The van der Waals surface area contributed by atoms with Crippen molar-refractivity contribution in [1.29, 1.82) is 0 Å². The highest BCUT2D eigenvalue weighted by Gasteiger charge is 2.33. The number of ketones is 1. The van der Waals surface area contributed by atoms with Gasteiger partial charge in [-0.2, -0.15) is 13.2 Å². The fourth-order valence-electron chi connectivity index (χ4n) is 1.43. The first-order chi connectivity index (χ1) is 8.31. The minimum Gasteiger partial charge on any atom is -0.494 e. The molecule has 18 heavy (non-hydrogen) atoms. The molecule has 0 spiro atoms. The zero-order valence-electron chi connectivity index (χ0n) is 9.69. The van der Waals surface area contributed by atoms with Gasteiger partial charge in [0.05, 0.1) is 29.8 Å². The van der Waals surface area contributed by atoms with E-state index in [1.54, 1.807) is 0 Å². The van der Waals surface area contributed by atoms with Crippen LogP contribution in [-0.2, 0) is 6.18 Å². The Kier molecular flexibility index (Phi) is 4.59. The van der Waals surface area contributed by atoms with E-state index in [2.05, 4.69) is 5.32 Å². The van der Waals surface area contributed by atoms with Crippen LogP contribution in [0.25, 0.3) is 0 Å². The number of carbonyl (C=O) groups excluding carboxylic acids is 1. The molecule has 0 amide bonds. The Bertz CT molecular complexity index is 460. The summed E-state index contributed by atoms with van der Waals surface area (Å²) in [7, 11) is 2.75. The van der Waals surface area contributed by atoms with Crippen LogP contribution >= 0.6 is 11.6 Å². The number of Topliss-reactive ketones (excluding diaryl/α,β-unsaturated/α-hetero) is 1. The molecule has 7 heteroatoms. The van der Waals surface area contributed by atoms with Crippen molar-refractivity contribution >= 4 is 17.4 Å². The Balaban J connectivity index is 3.37. The molecule has 0 aliphatic rings. The minimum atomic E-state index is -4.56. The maximum atomic E-state index is 12.6. The van der Waals surface area contributed by atoms with Crippen molar-refractivity contribution in [3.8, 4) is 5.75 Å². The standard InChI is InChI=1S/C11H11ClF3NO2/c1-16-5-9(17)7-3-6(11(13,14)15)4-8(12)10(7)18-2/h3-4,16H,5H2,1-2H3. The van der Waals surface area contributed by atoms with Gasteiger partial charge in [-0.25, -0.2) is 0 Å². The molecule has 0 saturated heterocycles. The molecule has 1 N–H and O–H groups in total. The van der Waals surface area contributed by atoms with Gasteiger partial charge in [-0.1, -0.05) is 11.6 Å². The molecular formula is C11H11ClF3NO2. The lowest BCUT2D eigenvalue weighted by molar-refractivity contribution is -0.137. The van der Waals surface area contributed by atoms with E-state index < -0.39 is 17.5 Å². The first-order valence-electron chi connectivity index (χ1n) is 4.93. The van der Waals surface area contributed by atoms with Gasteiger partial charge in [0.25, 0.3) is 0 Å². The van der Waals surface area contributed by atoms with Crippen LogP contribution in [0.2, 0.25) is 5.02 Å². The second-order valence-electron chi connectivity index (χ2n) is 3.49. The molecular weight excluding hydrogens is 271 g/mol. The van der Waals surface area contributed by atoms with Gasteiger partial charge < -0.3 is 10.1 Å². The predicted octanol–water partition coefficient (Wildman–Crippen LogP) is 2.77. The molecule has 0 heterocycles. The zero-order valence-corrected chi connectivity index (χ0v) is 10.4. The van der Waals surface area contributed by atoms with Crippen molar-refractivity contribution in [3.05, 3.63) is 28.3 Å². The van der Waals surface area contributed by atoms with Crippen molar-refractivity contribution in [3.63, 3.8) is 0 Å². The lowest BCUT2D eigenvalue weighted by atomic mass is 10.1. The van der Waals surface area contributed by atoms with E-state index in [4.69, 9.17) is 16.3 Å². The molecule has 0 fully saturated rings. The summed E-state index contributed by atoms with van der Waals surface area (Å²) >= 11 is 5.69. The summed E-state index contributed by atoms with van der Waals surface area (Å²) in [6, 6.07) is 1.47. The number of methoxy groups -OCH3 is 1. The molecule has 0 aromatic heterocycles. The number of halogens is 4. The molecule has 0 aliphatic heterocycles. The number of benzene rings is 1. The molecule has 1 aromatic carbocycles. The number of alkyl halides is 3. The van der Waals surface area contributed by atoms with Crippen LogP contribution < -0.4 is 10.1 Å². The number of hydrogen-bond acceptors (Lipinski definition) is 3. The third-order valence-electron chi connectivity index (χ3n) is 2.21. The maximum absolute atomic E-state index is 12.6. The first kappa shape index (κ1) is 14.8. The van der Waals surface area contributed by atoms with Crippen molar-refractivity contribution in [1.82, 2.24) is 5.32 Å². The highest BCUT2D eigenvalue weighted by atomic mass is 35.5. The van der Waals surface area contributed by atoms with Crippen molar-refractivity contribution in [2.75, 3.05) is 20.7 Å². The lowest BCUT2D eigenvalue weighted by Crippen LogP contribution is -2.20.